The van der Waals surface area contributed by atoms with Gasteiger partial charge in [0.15, 0.2) is 0 Å². The van der Waals surface area contributed by atoms with Crippen molar-refractivity contribution in [1.82, 2.24) is 0 Å². The van der Waals surface area contributed by atoms with Crippen molar-refractivity contribution in [3.05, 3.63) is 73.0 Å². The topological polar surface area (TPSA) is 195 Å². The molecule has 0 aliphatic rings. The van der Waals surface area contributed by atoms with Gasteiger partial charge in [0.05, 0.1) is 21.2 Å². The molecule has 2 rings (SSSR count). The summed E-state index contributed by atoms with van der Waals surface area (Å²) < 4.78 is 51.1. The molecule has 0 saturated carbocycles. The molecule has 5 atom stereocenters. The molecule has 2 aromatic rings. The average molecular weight is 1250 g/mol. The van der Waals surface area contributed by atoms with E-state index in [-0.39, 0.29) is 44.5 Å². The first kappa shape index (κ1) is 65.5. The summed E-state index contributed by atoms with van der Waals surface area (Å²) >= 11 is 8.85. The van der Waals surface area contributed by atoms with Crippen LogP contribution in [0.2, 0.25) is 0 Å². The molecule has 2 aromatic carbocycles. The second kappa shape index (κ2) is 58.3. The van der Waals surface area contributed by atoms with Gasteiger partial charge in [-0.15, -0.1) is 31.1 Å². The van der Waals surface area contributed by atoms with Gasteiger partial charge in [0, 0.05) is 54.5 Å². The van der Waals surface area contributed by atoms with Gasteiger partial charge < -0.3 is 46.4 Å². The van der Waals surface area contributed by atoms with Crippen molar-refractivity contribution in [3.8, 4) is 0 Å². The Morgan fingerprint density at radius 3 is 1.43 bits per heavy atom. The maximum Gasteiger partial charge on any atom is 0.694 e. The predicted octanol–water partition coefficient (Wildman–Crippen LogP) is 9.00. The van der Waals surface area contributed by atoms with Gasteiger partial charge in [-0.3, -0.25) is 14.5 Å². The summed E-state index contributed by atoms with van der Waals surface area (Å²) in [5.41, 5.74) is 10.4. The third kappa shape index (κ3) is 71.2. The number of anilines is 2. The summed E-state index contributed by atoms with van der Waals surface area (Å²) in [5, 5.41) is 5.04. The largest absolute Gasteiger partial charge is 0.694 e. The first-order valence-corrected chi connectivity index (χ1v) is 22.4. The zero-order chi connectivity index (χ0) is 34.6. The van der Waals surface area contributed by atoms with Crippen molar-refractivity contribution in [2.45, 2.75) is -0.0619 Å². The van der Waals surface area contributed by atoms with E-state index in [1.54, 1.807) is 24.3 Å². The van der Waals surface area contributed by atoms with Gasteiger partial charge in [0.1, 0.15) is -0.0619 Å². The standard InChI is InChI=1S/C7H10NO3P.C7H9NO2P.CHI3.CH2I.2CH5N.CH3O3P.CH6P2.CH3.2V/c1-11-12(9,10)8-7-5-3-2-4-6-7;1-10-11(9)8-7-5-3-2-4-6-7;2-1(3)4;3*1-2;1-4-5(2)3;1-3-2;;;/h2-6H,1H3,(H2,8,9,10);2-6H,1H3,(H,8,9);1H;1H2;2*2H2,1H3;1H3;3H,2H2,1H3;1H3;;/q;+1;;-1;;;;;-1;;/p+1/i;;;;;;;3D;;;. The summed E-state index contributed by atoms with van der Waals surface area (Å²) in [5.74, 6) is 0. The van der Waals surface area contributed by atoms with E-state index in [4.69, 9.17) is 11.1 Å². The molecule has 0 aromatic heterocycles. The van der Waals surface area contributed by atoms with Crippen molar-refractivity contribution >= 4 is 143 Å². The van der Waals surface area contributed by atoms with Gasteiger partial charge in [-0.25, -0.2) is 4.57 Å². The fraction of sp³-hybridized carbons (Fsp3) is 0.333. The van der Waals surface area contributed by atoms with Crippen molar-refractivity contribution in [2.24, 2.45) is 11.5 Å². The minimum absolute atomic E-state index is 0. The van der Waals surface area contributed by atoms with E-state index < -0.39 is 32.4 Å². The van der Waals surface area contributed by atoms with Crippen LogP contribution in [0.25, 0.3) is 0 Å². The van der Waals surface area contributed by atoms with E-state index >= 15 is 0 Å². The van der Waals surface area contributed by atoms with Crippen LogP contribution in [0.3, 0.4) is 0 Å². The zero-order valence-electron chi connectivity index (χ0n) is 26.3. The van der Waals surface area contributed by atoms with E-state index in [0.717, 1.165) is 5.63 Å². The van der Waals surface area contributed by atoms with Crippen LogP contribution in [-0.2, 0) is 64.4 Å². The van der Waals surface area contributed by atoms with E-state index in [0.29, 0.717) is 5.69 Å². The van der Waals surface area contributed by atoms with E-state index in [2.05, 4.69) is 117 Å². The molecule has 0 bridgehead atoms. The Morgan fingerprint density at radius 1 is 0.932 bits per heavy atom. The third-order valence-electron chi connectivity index (χ3n) is 2.61. The first-order valence-electron chi connectivity index (χ1n) is 10.7. The van der Waals surface area contributed by atoms with Crippen LogP contribution in [0.1, 0.15) is 0 Å². The smallest absolute Gasteiger partial charge is 0.358 e. The molecule has 2 radical (unpaired) electrons. The number of nitrogens with two attached hydrogens (primary N) is 2. The third-order valence-corrected chi connectivity index (χ3v) is 4.73. The van der Waals surface area contributed by atoms with Gasteiger partial charge >= 0.3 is 24.2 Å². The van der Waals surface area contributed by atoms with Gasteiger partial charge in [-0.2, -0.15) is 5.09 Å². The van der Waals surface area contributed by atoms with Crippen LogP contribution in [0.4, 0.5) is 11.4 Å². The molecule has 0 saturated heterocycles. The Hall–Kier alpha value is 3.14. The van der Waals surface area contributed by atoms with Crippen LogP contribution in [0.5, 0.6) is 0 Å². The molecule has 44 heavy (non-hydrogen) atoms. The molecular weight excluding hydrogens is 1200 g/mol. The minimum atomic E-state index is -3.65. The first-order chi connectivity index (χ1) is 19.7. The monoisotopic (exact) mass is 1250 g/mol. The molecule has 260 valence electrons. The van der Waals surface area contributed by atoms with Crippen LogP contribution >= 0.6 is 132 Å². The van der Waals surface area contributed by atoms with Crippen molar-refractivity contribution < 1.29 is 74.2 Å². The number of benzene rings is 2. The molecular formula is C21H45I4N4O8P5V2. The Bertz CT molecular complexity index is 880. The number of halogens is 4. The Kier molecular flexibility index (Phi) is 86.9. The summed E-state index contributed by atoms with van der Waals surface area (Å²) in [6, 6.07) is 18.0. The SMILES string of the molecule is CN.CN.COP(=O)(O)Nc1ccccc1.CO[P+](=O)Nc1ccccc1.CO[P+](=O)O.IC(I)I.[2H]P(C)P.[CH2-]I.[CH3-].[V].[V]. The van der Waals surface area contributed by atoms with Crippen LogP contribution in [-0.4, -0.2) is 53.1 Å². The number of nitrogens with one attached hydrogen (secondary N) is 2. The Labute approximate surface area is 350 Å². The van der Waals surface area contributed by atoms with Gasteiger partial charge in [-0.1, -0.05) is 104 Å². The quantitative estimate of drug-likeness (QED) is 0.0668. The summed E-state index contributed by atoms with van der Waals surface area (Å²) in [6.45, 7) is 1.86. The molecule has 0 fully saturated rings. The van der Waals surface area contributed by atoms with Gasteiger partial charge in [-0.05, 0) is 49.6 Å². The molecule has 0 aliphatic heterocycles. The predicted molar refractivity (Wildman–Crippen MR) is 224 cm³/mol. The number of alkyl halides is 3. The van der Waals surface area contributed by atoms with Crippen molar-refractivity contribution in [3.63, 3.8) is 0 Å². The molecule has 0 spiro atoms. The van der Waals surface area contributed by atoms with Crippen molar-refractivity contribution in [2.75, 3.05) is 52.3 Å². The number of rotatable bonds is 7. The van der Waals surface area contributed by atoms with Crippen LogP contribution in [0.15, 0.2) is 60.7 Å². The molecule has 12 nitrogen and oxygen atoms in total. The fourth-order valence-electron chi connectivity index (χ4n) is 1.39. The second-order valence-electron chi connectivity index (χ2n) is 5.02. The Balaban J connectivity index is -0.0000000516. The summed E-state index contributed by atoms with van der Waals surface area (Å²) in [4.78, 5) is 19.9. The summed E-state index contributed by atoms with van der Waals surface area (Å²) in [6.07, 6.45) is 0. The second-order valence-corrected chi connectivity index (χ2v) is 21.6. The average Bonchev–Trinajstić information content (AvgIpc) is 2.97. The summed E-state index contributed by atoms with van der Waals surface area (Å²) in [7, 11) is 0.927. The van der Waals surface area contributed by atoms with E-state index in [1.807, 2.05) is 65.7 Å². The van der Waals surface area contributed by atoms with Gasteiger partial charge in [0.2, 0.25) is 0 Å². The molecule has 0 aliphatic carbocycles. The Morgan fingerprint density at radius 2 is 1.20 bits per heavy atom. The maximum atomic E-state index is 11.0. The molecule has 23 heteroatoms. The molecule has 5 unspecified atom stereocenters. The van der Waals surface area contributed by atoms with Crippen molar-refractivity contribution in [1.29, 1.82) is 1.28 Å². The normalized spacial score (nSPS) is 10.8. The van der Waals surface area contributed by atoms with Gasteiger partial charge in [0.25, 0.3) is 0 Å². The number of hydrogen-bond donors (Lipinski definition) is 6. The minimum Gasteiger partial charge on any atom is -0.358 e. The molecule has 0 heterocycles. The maximum absolute atomic E-state index is 11.0. The molecule has 8 N–H and O–H groups in total. The van der Waals surface area contributed by atoms with Crippen LogP contribution in [0, 0.1) is 12.4 Å². The molecule has 0 amide bonds. The van der Waals surface area contributed by atoms with E-state index in [9.17, 15) is 13.7 Å². The zero-order valence-corrected chi connectivity index (χ0v) is 41.5. The van der Waals surface area contributed by atoms with E-state index in [1.165, 1.54) is 35.4 Å². The fourth-order valence-corrected chi connectivity index (χ4v) is 2.40. The number of hydrogen-bond acceptors (Lipinski definition) is 8. The van der Waals surface area contributed by atoms with Crippen LogP contribution < -0.4 is 21.6 Å². The number of para-hydroxylation sites is 2.